The van der Waals surface area contributed by atoms with Crippen molar-refractivity contribution < 1.29 is 9.47 Å². The van der Waals surface area contributed by atoms with Crippen molar-refractivity contribution >= 4 is 5.95 Å². The highest BCUT2D eigenvalue weighted by molar-refractivity contribution is 5.26. The maximum Gasteiger partial charge on any atom is 0.225 e. The van der Waals surface area contributed by atoms with Gasteiger partial charge in [0.25, 0.3) is 0 Å². The number of aromatic nitrogens is 2. The molecule has 0 aliphatic carbocycles. The summed E-state index contributed by atoms with van der Waals surface area (Å²) in [6.45, 7) is 3.84. The quantitative estimate of drug-likeness (QED) is 0.688. The van der Waals surface area contributed by atoms with Gasteiger partial charge < -0.3 is 14.8 Å². The van der Waals surface area contributed by atoms with Gasteiger partial charge in [-0.25, -0.2) is 4.98 Å². The first-order chi connectivity index (χ1) is 6.86. The van der Waals surface area contributed by atoms with Crippen molar-refractivity contribution in [3.63, 3.8) is 0 Å². The van der Waals surface area contributed by atoms with Gasteiger partial charge in [-0.2, -0.15) is 4.98 Å². The van der Waals surface area contributed by atoms with Gasteiger partial charge in [-0.05, 0) is 6.92 Å². The number of hydrogen-bond donors (Lipinski definition) is 1. The Balaban J connectivity index is 2.46. The minimum absolute atomic E-state index is 0.499. The molecule has 1 heterocycles. The number of anilines is 1. The summed E-state index contributed by atoms with van der Waals surface area (Å²) >= 11 is 0. The molecule has 0 saturated heterocycles. The fourth-order valence-electron chi connectivity index (χ4n) is 0.895. The van der Waals surface area contributed by atoms with Gasteiger partial charge in [-0.1, -0.05) is 0 Å². The van der Waals surface area contributed by atoms with Crippen LogP contribution in [0.5, 0.6) is 5.88 Å². The maximum atomic E-state index is 5.32. The standard InChI is InChI=1S/C9H15N3O2/c1-3-10-9-11-5-4-8(12-9)14-7-6-13-2/h4-5H,3,6-7H2,1-2H3,(H,10,11,12). The van der Waals surface area contributed by atoms with E-state index >= 15 is 0 Å². The van der Waals surface area contributed by atoms with Crippen LogP contribution < -0.4 is 10.1 Å². The normalized spacial score (nSPS) is 9.86. The van der Waals surface area contributed by atoms with Crippen molar-refractivity contribution in [1.29, 1.82) is 0 Å². The van der Waals surface area contributed by atoms with Gasteiger partial charge in [-0.15, -0.1) is 0 Å². The Morgan fingerprint density at radius 3 is 3.00 bits per heavy atom. The minimum atomic E-state index is 0.499. The molecule has 0 bridgehead atoms. The van der Waals surface area contributed by atoms with Crippen LogP contribution in [0.2, 0.25) is 0 Å². The zero-order valence-electron chi connectivity index (χ0n) is 8.49. The fraction of sp³-hybridized carbons (Fsp3) is 0.556. The lowest BCUT2D eigenvalue weighted by Crippen LogP contribution is -2.07. The lowest BCUT2D eigenvalue weighted by Gasteiger charge is -2.05. The van der Waals surface area contributed by atoms with Crippen molar-refractivity contribution in [2.75, 3.05) is 32.2 Å². The van der Waals surface area contributed by atoms with E-state index in [4.69, 9.17) is 9.47 Å². The topological polar surface area (TPSA) is 56.3 Å². The van der Waals surface area contributed by atoms with Crippen LogP contribution in [0, 0.1) is 0 Å². The van der Waals surface area contributed by atoms with Crippen molar-refractivity contribution in [3.05, 3.63) is 12.3 Å². The molecule has 0 atom stereocenters. The molecule has 1 N–H and O–H groups in total. The average Bonchev–Trinajstić information content (AvgIpc) is 2.19. The number of methoxy groups -OCH3 is 1. The third-order valence-electron chi connectivity index (χ3n) is 1.50. The first-order valence-corrected chi connectivity index (χ1v) is 4.55. The molecule has 0 amide bonds. The molecule has 0 aliphatic heterocycles. The van der Waals surface area contributed by atoms with Crippen LogP contribution in [0.3, 0.4) is 0 Å². The second-order valence-corrected chi connectivity index (χ2v) is 2.59. The molecule has 0 fully saturated rings. The highest BCUT2D eigenvalue weighted by Crippen LogP contribution is 2.07. The maximum absolute atomic E-state index is 5.32. The molecule has 5 nitrogen and oxygen atoms in total. The highest BCUT2D eigenvalue weighted by atomic mass is 16.5. The minimum Gasteiger partial charge on any atom is -0.475 e. The molecule has 0 unspecified atom stereocenters. The lowest BCUT2D eigenvalue weighted by molar-refractivity contribution is 0.143. The van der Waals surface area contributed by atoms with Crippen molar-refractivity contribution in [2.24, 2.45) is 0 Å². The van der Waals surface area contributed by atoms with Crippen LogP contribution in [0.15, 0.2) is 12.3 Å². The predicted molar refractivity (Wildman–Crippen MR) is 53.6 cm³/mol. The fourth-order valence-corrected chi connectivity index (χ4v) is 0.895. The van der Waals surface area contributed by atoms with Crippen molar-refractivity contribution in [2.45, 2.75) is 6.92 Å². The van der Waals surface area contributed by atoms with E-state index in [1.54, 1.807) is 19.4 Å². The van der Waals surface area contributed by atoms with E-state index in [0.29, 0.717) is 25.0 Å². The molecule has 78 valence electrons. The van der Waals surface area contributed by atoms with Crippen LogP contribution in [0.4, 0.5) is 5.95 Å². The Bertz CT molecular complexity index is 268. The highest BCUT2D eigenvalue weighted by Gasteiger charge is 1.97. The molecular formula is C9H15N3O2. The van der Waals surface area contributed by atoms with Gasteiger partial charge >= 0.3 is 0 Å². The molecule has 0 spiro atoms. The second-order valence-electron chi connectivity index (χ2n) is 2.59. The third kappa shape index (κ3) is 3.57. The van der Waals surface area contributed by atoms with Crippen molar-refractivity contribution in [3.8, 4) is 5.88 Å². The van der Waals surface area contributed by atoms with Crippen LogP contribution in [-0.2, 0) is 4.74 Å². The Labute approximate surface area is 83.5 Å². The smallest absolute Gasteiger partial charge is 0.225 e. The molecule has 5 heteroatoms. The molecule has 0 saturated carbocycles. The van der Waals surface area contributed by atoms with Crippen LogP contribution in [-0.4, -0.2) is 36.8 Å². The number of rotatable bonds is 6. The number of hydrogen-bond acceptors (Lipinski definition) is 5. The number of nitrogens with one attached hydrogen (secondary N) is 1. The summed E-state index contributed by atoms with van der Waals surface area (Å²) in [5.74, 6) is 1.15. The molecule has 0 radical (unpaired) electrons. The van der Waals surface area contributed by atoms with Gasteiger partial charge in [0.2, 0.25) is 11.8 Å². The van der Waals surface area contributed by atoms with Gasteiger partial charge in [0.15, 0.2) is 0 Å². The van der Waals surface area contributed by atoms with Crippen LogP contribution in [0.1, 0.15) is 6.92 Å². The Morgan fingerprint density at radius 1 is 1.43 bits per heavy atom. The van der Waals surface area contributed by atoms with E-state index in [9.17, 15) is 0 Å². The monoisotopic (exact) mass is 197 g/mol. The molecule has 1 rings (SSSR count). The molecule has 1 aromatic heterocycles. The third-order valence-corrected chi connectivity index (χ3v) is 1.50. The van der Waals surface area contributed by atoms with E-state index < -0.39 is 0 Å². The summed E-state index contributed by atoms with van der Waals surface area (Å²) in [6, 6.07) is 1.72. The number of ether oxygens (including phenoxy) is 2. The first-order valence-electron chi connectivity index (χ1n) is 4.55. The summed E-state index contributed by atoms with van der Waals surface area (Å²) in [5.41, 5.74) is 0. The van der Waals surface area contributed by atoms with E-state index in [1.807, 2.05) is 6.92 Å². The average molecular weight is 197 g/mol. The molecule has 14 heavy (non-hydrogen) atoms. The summed E-state index contributed by atoms with van der Waals surface area (Å²) in [7, 11) is 1.63. The van der Waals surface area contributed by atoms with Gasteiger partial charge in [0, 0.05) is 25.9 Å². The van der Waals surface area contributed by atoms with Crippen LogP contribution in [0.25, 0.3) is 0 Å². The first kappa shape index (κ1) is 10.7. The summed E-state index contributed by atoms with van der Waals surface area (Å²) in [4.78, 5) is 8.16. The molecule has 1 aromatic rings. The van der Waals surface area contributed by atoms with E-state index in [2.05, 4.69) is 15.3 Å². The molecule has 0 aromatic carbocycles. The number of nitrogens with zero attached hydrogens (tertiary/aromatic N) is 2. The van der Waals surface area contributed by atoms with E-state index in [1.165, 1.54) is 0 Å². The largest absolute Gasteiger partial charge is 0.475 e. The Morgan fingerprint density at radius 2 is 2.29 bits per heavy atom. The zero-order chi connectivity index (χ0) is 10.2. The molecule has 0 aliphatic rings. The zero-order valence-corrected chi connectivity index (χ0v) is 8.49. The summed E-state index contributed by atoms with van der Waals surface area (Å²) < 4.78 is 10.2. The Hall–Kier alpha value is -1.36. The summed E-state index contributed by atoms with van der Waals surface area (Å²) in [5, 5.41) is 3.00. The Kier molecular flexibility index (Phi) is 4.71. The van der Waals surface area contributed by atoms with Gasteiger partial charge in [-0.3, -0.25) is 0 Å². The van der Waals surface area contributed by atoms with E-state index in [-0.39, 0.29) is 0 Å². The lowest BCUT2D eigenvalue weighted by atomic mass is 10.6. The van der Waals surface area contributed by atoms with E-state index in [0.717, 1.165) is 6.54 Å². The predicted octanol–water partition coefficient (Wildman–Crippen LogP) is 0.934. The second kappa shape index (κ2) is 6.15. The van der Waals surface area contributed by atoms with Crippen LogP contribution >= 0.6 is 0 Å². The SMILES string of the molecule is CCNc1nccc(OCCOC)n1. The summed E-state index contributed by atoms with van der Waals surface area (Å²) in [6.07, 6.45) is 1.66. The van der Waals surface area contributed by atoms with Crippen molar-refractivity contribution in [1.82, 2.24) is 9.97 Å². The van der Waals surface area contributed by atoms with Gasteiger partial charge in [0.1, 0.15) is 6.61 Å². The van der Waals surface area contributed by atoms with Gasteiger partial charge in [0.05, 0.1) is 6.61 Å². The molecular weight excluding hydrogens is 182 g/mol.